The van der Waals surface area contributed by atoms with Crippen molar-refractivity contribution in [2.24, 2.45) is 0 Å². The number of nitrogens with zero attached hydrogens (tertiary/aromatic N) is 7. The van der Waals surface area contributed by atoms with Crippen molar-refractivity contribution in [2.75, 3.05) is 57.7 Å². The van der Waals surface area contributed by atoms with Crippen LogP contribution in [0.25, 0.3) is 11.0 Å². The third-order valence-corrected chi connectivity index (χ3v) is 6.48. The van der Waals surface area contributed by atoms with Crippen molar-refractivity contribution in [3.63, 3.8) is 0 Å². The average molecular weight is 472 g/mol. The zero-order valence-electron chi connectivity index (χ0n) is 21.0. The van der Waals surface area contributed by atoms with E-state index in [9.17, 15) is 0 Å². The maximum Gasteiger partial charge on any atom is 0.229 e. The second-order valence-corrected chi connectivity index (χ2v) is 9.38. The number of hydrogen-bond acceptors (Lipinski definition) is 7. The van der Waals surface area contributed by atoms with Crippen LogP contribution in [-0.4, -0.2) is 72.5 Å². The van der Waals surface area contributed by atoms with Crippen LogP contribution in [0.3, 0.4) is 0 Å². The predicted octanol–water partition coefficient (Wildman–Crippen LogP) is 3.44. The zero-order chi connectivity index (χ0) is 24.4. The first-order valence-electron chi connectivity index (χ1n) is 12.1. The van der Waals surface area contributed by atoms with Crippen molar-refractivity contribution < 1.29 is 4.74 Å². The average Bonchev–Trinajstić information content (AvgIpc) is 3.23. The Balaban J connectivity index is 1.55. The van der Waals surface area contributed by atoms with Gasteiger partial charge < -0.3 is 19.4 Å². The van der Waals surface area contributed by atoms with Gasteiger partial charge in [-0.25, -0.2) is 4.68 Å². The molecule has 0 aliphatic carbocycles. The second-order valence-electron chi connectivity index (χ2n) is 9.38. The standard InChI is InChI=1S/C27H33N7O/c1-31(2)16-17-32(3)27-28-25-24-23(14-15-33(25)18-21-10-12-22(35-4)13-11-21)30-34(26(24)29-27)19-20-8-6-5-7-9-20/h5-13H,14-19H2,1-4H3. The molecule has 0 spiro atoms. The van der Waals surface area contributed by atoms with Gasteiger partial charge in [0.15, 0.2) is 5.65 Å². The number of methoxy groups -OCH3 is 1. The van der Waals surface area contributed by atoms with Gasteiger partial charge in [0.25, 0.3) is 0 Å². The molecule has 8 nitrogen and oxygen atoms in total. The summed E-state index contributed by atoms with van der Waals surface area (Å²) in [6, 6.07) is 18.7. The summed E-state index contributed by atoms with van der Waals surface area (Å²) in [4.78, 5) is 16.8. The Morgan fingerprint density at radius 1 is 0.886 bits per heavy atom. The SMILES string of the molecule is COc1ccc(CN2CCc3nn(Cc4ccccc4)c4nc(N(C)CCN(C)C)nc2c34)cc1. The first kappa shape index (κ1) is 23.1. The number of likely N-dealkylation sites (N-methyl/N-ethyl adjacent to an activating group) is 2. The van der Waals surface area contributed by atoms with E-state index < -0.39 is 0 Å². The van der Waals surface area contributed by atoms with Gasteiger partial charge in [0.1, 0.15) is 11.6 Å². The molecule has 0 bridgehead atoms. The van der Waals surface area contributed by atoms with Crippen LogP contribution in [-0.2, 0) is 19.5 Å². The minimum Gasteiger partial charge on any atom is -0.497 e. The zero-order valence-corrected chi connectivity index (χ0v) is 21.0. The monoisotopic (exact) mass is 471 g/mol. The lowest BCUT2D eigenvalue weighted by molar-refractivity contribution is 0.414. The molecule has 1 aliphatic heterocycles. The largest absolute Gasteiger partial charge is 0.497 e. The van der Waals surface area contributed by atoms with Crippen LogP contribution in [0.2, 0.25) is 0 Å². The molecule has 182 valence electrons. The van der Waals surface area contributed by atoms with Crippen LogP contribution in [0.4, 0.5) is 11.8 Å². The van der Waals surface area contributed by atoms with E-state index in [1.165, 1.54) is 11.1 Å². The molecule has 0 fully saturated rings. The fourth-order valence-electron chi connectivity index (χ4n) is 4.46. The summed E-state index contributed by atoms with van der Waals surface area (Å²) in [5.74, 6) is 2.57. The van der Waals surface area contributed by atoms with Crippen molar-refractivity contribution in [1.82, 2.24) is 24.6 Å². The molecule has 1 aliphatic rings. The van der Waals surface area contributed by atoms with Gasteiger partial charge in [-0.1, -0.05) is 42.5 Å². The van der Waals surface area contributed by atoms with Gasteiger partial charge in [0, 0.05) is 39.6 Å². The molecule has 2 aromatic carbocycles. The Morgan fingerprint density at radius 3 is 2.34 bits per heavy atom. The van der Waals surface area contributed by atoms with Gasteiger partial charge in [0.05, 0.1) is 24.7 Å². The van der Waals surface area contributed by atoms with Crippen molar-refractivity contribution in [3.8, 4) is 5.75 Å². The normalized spacial score (nSPS) is 13.0. The highest BCUT2D eigenvalue weighted by atomic mass is 16.5. The fourth-order valence-corrected chi connectivity index (χ4v) is 4.46. The van der Waals surface area contributed by atoms with Crippen LogP contribution in [0.5, 0.6) is 5.75 Å². The lowest BCUT2D eigenvalue weighted by atomic mass is 10.1. The number of ether oxygens (including phenoxy) is 1. The predicted molar refractivity (Wildman–Crippen MR) is 140 cm³/mol. The highest BCUT2D eigenvalue weighted by Crippen LogP contribution is 2.34. The molecule has 3 heterocycles. The molecular weight excluding hydrogens is 438 g/mol. The molecule has 0 N–H and O–H groups in total. The van der Waals surface area contributed by atoms with Crippen LogP contribution in [0.15, 0.2) is 54.6 Å². The summed E-state index contributed by atoms with van der Waals surface area (Å²) in [7, 11) is 7.92. The molecule has 0 atom stereocenters. The third kappa shape index (κ3) is 4.93. The van der Waals surface area contributed by atoms with Crippen LogP contribution in [0.1, 0.15) is 16.8 Å². The minimum absolute atomic E-state index is 0.688. The lowest BCUT2D eigenvalue weighted by Crippen LogP contribution is -2.32. The van der Waals surface area contributed by atoms with Crippen molar-refractivity contribution in [1.29, 1.82) is 0 Å². The van der Waals surface area contributed by atoms with Crippen LogP contribution in [0, 0.1) is 0 Å². The van der Waals surface area contributed by atoms with E-state index >= 15 is 0 Å². The number of anilines is 2. The van der Waals surface area contributed by atoms with Gasteiger partial charge in [-0.3, -0.25) is 0 Å². The summed E-state index contributed by atoms with van der Waals surface area (Å²) < 4.78 is 7.38. The Morgan fingerprint density at radius 2 is 1.63 bits per heavy atom. The summed E-state index contributed by atoms with van der Waals surface area (Å²) in [5.41, 5.74) is 4.42. The summed E-state index contributed by atoms with van der Waals surface area (Å²) in [5, 5.41) is 6.07. The second kappa shape index (κ2) is 9.92. The van der Waals surface area contributed by atoms with E-state index in [2.05, 4.69) is 72.2 Å². The van der Waals surface area contributed by atoms with Crippen molar-refractivity contribution in [3.05, 3.63) is 71.4 Å². The number of rotatable bonds is 9. The molecule has 8 heteroatoms. The van der Waals surface area contributed by atoms with Crippen molar-refractivity contribution >= 4 is 22.8 Å². The number of aromatic nitrogens is 4. The highest BCUT2D eigenvalue weighted by molar-refractivity contribution is 5.92. The number of benzene rings is 2. The Hall–Kier alpha value is -3.65. The molecule has 0 radical (unpaired) electrons. The van der Waals surface area contributed by atoms with Gasteiger partial charge in [0.2, 0.25) is 5.95 Å². The molecule has 0 amide bonds. The summed E-state index contributed by atoms with van der Waals surface area (Å²) in [6.07, 6.45) is 0.876. The molecule has 4 aromatic rings. The van der Waals surface area contributed by atoms with Gasteiger partial charge in [-0.2, -0.15) is 15.1 Å². The quantitative estimate of drug-likeness (QED) is 0.371. The van der Waals surface area contributed by atoms with Crippen LogP contribution < -0.4 is 14.5 Å². The molecule has 0 saturated carbocycles. The van der Waals surface area contributed by atoms with Gasteiger partial charge in [-0.05, 0) is 37.4 Å². The Labute approximate surface area is 206 Å². The molecule has 2 aromatic heterocycles. The minimum atomic E-state index is 0.688. The Bertz CT molecular complexity index is 1280. The summed E-state index contributed by atoms with van der Waals surface area (Å²) in [6.45, 7) is 4.11. The Kier molecular flexibility index (Phi) is 6.55. The third-order valence-electron chi connectivity index (χ3n) is 6.48. The molecular formula is C27H33N7O. The van der Waals surface area contributed by atoms with E-state index in [1.807, 2.05) is 22.9 Å². The van der Waals surface area contributed by atoms with Gasteiger partial charge >= 0.3 is 0 Å². The molecule has 5 rings (SSSR count). The van der Waals surface area contributed by atoms with Crippen molar-refractivity contribution in [2.45, 2.75) is 19.5 Å². The van der Waals surface area contributed by atoms with E-state index in [0.29, 0.717) is 6.54 Å². The molecule has 0 saturated heterocycles. The van der Waals surface area contributed by atoms with E-state index in [0.717, 1.165) is 66.8 Å². The maximum atomic E-state index is 5.33. The lowest BCUT2D eigenvalue weighted by Gasteiger charge is -2.29. The van der Waals surface area contributed by atoms with E-state index in [1.54, 1.807) is 7.11 Å². The molecule has 35 heavy (non-hydrogen) atoms. The van der Waals surface area contributed by atoms with Gasteiger partial charge in [-0.15, -0.1) is 0 Å². The number of hydrogen-bond donors (Lipinski definition) is 0. The topological polar surface area (TPSA) is 62.6 Å². The first-order chi connectivity index (χ1) is 17.0. The van der Waals surface area contributed by atoms with Crippen LogP contribution >= 0.6 is 0 Å². The smallest absolute Gasteiger partial charge is 0.229 e. The maximum absolute atomic E-state index is 5.33. The molecule has 0 unspecified atom stereocenters. The summed E-state index contributed by atoms with van der Waals surface area (Å²) >= 11 is 0. The fraction of sp³-hybridized carbons (Fsp3) is 0.370. The van der Waals surface area contributed by atoms with E-state index in [4.69, 9.17) is 19.8 Å². The first-order valence-corrected chi connectivity index (χ1v) is 12.1. The van der Waals surface area contributed by atoms with E-state index in [-0.39, 0.29) is 0 Å². The highest BCUT2D eigenvalue weighted by Gasteiger charge is 2.27.